The zero-order valence-corrected chi connectivity index (χ0v) is 18.1. The number of carbonyl (C=O) groups excluding carboxylic acids is 2. The number of fused-ring (bicyclic) bond motifs is 1. The summed E-state index contributed by atoms with van der Waals surface area (Å²) in [6, 6.07) is 20.2. The van der Waals surface area contributed by atoms with Gasteiger partial charge in [0, 0.05) is 19.4 Å². The third-order valence-corrected chi connectivity index (χ3v) is 6.97. The van der Waals surface area contributed by atoms with Crippen LogP contribution in [0.2, 0.25) is 0 Å². The van der Waals surface area contributed by atoms with E-state index in [0.717, 1.165) is 11.3 Å². The molecule has 0 radical (unpaired) electrons. The zero-order valence-electron chi connectivity index (χ0n) is 17.2. The van der Waals surface area contributed by atoms with Crippen molar-refractivity contribution in [3.63, 3.8) is 0 Å². The largest absolute Gasteiger partial charge is 0.274 e. The second-order valence-corrected chi connectivity index (χ2v) is 9.68. The van der Waals surface area contributed by atoms with Crippen LogP contribution in [0, 0.1) is 5.92 Å². The third-order valence-electron chi connectivity index (χ3n) is 5.53. The van der Waals surface area contributed by atoms with Crippen LogP contribution >= 0.6 is 0 Å². The molecule has 2 amide bonds. The number of amides is 2. The molecule has 3 aromatic carbocycles. The lowest BCUT2D eigenvalue weighted by Gasteiger charge is -2.16. The summed E-state index contributed by atoms with van der Waals surface area (Å²) in [6.07, 6.45) is 1.13. The first-order valence-electron chi connectivity index (χ1n) is 10.3. The molecule has 1 saturated heterocycles. The maximum atomic E-state index is 12.7. The van der Waals surface area contributed by atoms with Gasteiger partial charge >= 0.3 is 0 Å². The molecule has 0 aliphatic carbocycles. The summed E-state index contributed by atoms with van der Waals surface area (Å²) in [5.41, 5.74) is 1.59. The van der Waals surface area contributed by atoms with E-state index in [2.05, 4.69) is 29.0 Å². The average Bonchev–Trinajstić information content (AvgIpc) is 3.11. The molecule has 1 heterocycles. The van der Waals surface area contributed by atoms with Crippen molar-refractivity contribution < 1.29 is 18.0 Å². The number of carbonyl (C=O) groups is 2. The van der Waals surface area contributed by atoms with Crippen LogP contribution in [0.15, 0.2) is 71.6 Å². The lowest BCUT2D eigenvalue weighted by atomic mass is 9.96. The van der Waals surface area contributed by atoms with Crippen molar-refractivity contribution in [1.82, 2.24) is 4.72 Å². The van der Waals surface area contributed by atoms with E-state index in [1.54, 1.807) is 0 Å². The number of hydrogen-bond acceptors (Lipinski definition) is 4. The van der Waals surface area contributed by atoms with Gasteiger partial charge in [-0.2, -0.15) is 0 Å². The van der Waals surface area contributed by atoms with Crippen LogP contribution in [0.3, 0.4) is 0 Å². The van der Waals surface area contributed by atoms with Crippen molar-refractivity contribution in [2.24, 2.45) is 5.92 Å². The van der Waals surface area contributed by atoms with E-state index in [9.17, 15) is 18.0 Å². The Balaban J connectivity index is 1.41. The summed E-state index contributed by atoms with van der Waals surface area (Å²) in [6.45, 7) is 2.31. The molecular formula is C24H24N2O4S. The molecule has 1 N–H and O–H groups in total. The van der Waals surface area contributed by atoms with Gasteiger partial charge in [-0.1, -0.05) is 49.4 Å². The fourth-order valence-corrected chi connectivity index (χ4v) is 5.06. The SMILES string of the molecule is CC(CNS(=O)(=O)c1ccc(N2C(=O)CCC2=O)cc1)Cc1cccc2ccccc12. The molecule has 7 heteroatoms. The Hall–Kier alpha value is -3.03. The number of anilines is 1. The standard InChI is InChI=1S/C24H24N2O4S/c1-17(15-19-7-4-6-18-5-2-3-8-22(18)19)16-25-31(29,30)21-11-9-20(10-12-21)26-23(27)13-14-24(26)28/h2-12,17,25H,13-16H2,1H3. The second-order valence-electron chi connectivity index (χ2n) is 7.92. The lowest BCUT2D eigenvalue weighted by molar-refractivity contribution is -0.121. The lowest BCUT2D eigenvalue weighted by Crippen LogP contribution is -2.30. The molecule has 0 saturated carbocycles. The van der Waals surface area contributed by atoms with Crippen molar-refractivity contribution in [2.75, 3.05) is 11.4 Å². The van der Waals surface area contributed by atoms with Gasteiger partial charge in [0.2, 0.25) is 21.8 Å². The maximum absolute atomic E-state index is 12.7. The zero-order chi connectivity index (χ0) is 22.0. The highest BCUT2D eigenvalue weighted by Gasteiger charge is 2.30. The minimum absolute atomic E-state index is 0.0969. The Kier molecular flexibility index (Phi) is 5.89. The van der Waals surface area contributed by atoms with Crippen LogP contribution in [0.5, 0.6) is 0 Å². The van der Waals surface area contributed by atoms with Crippen molar-refractivity contribution in [3.8, 4) is 0 Å². The normalized spacial score (nSPS) is 15.6. The molecule has 160 valence electrons. The maximum Gasteiger partial charge on any atom is 0.240 e. The van der Waals surface area contributed by atoms with Gasteiger partial charge in [-0.25, -0.2) is 13.1 Å². The van der Waals surface area contributed by atoms with Crippen LogP contribution in [0.25, 0.3) is 10.8 Å². The topological polar surface area (TPSA) is 83.6 Å². The van der Waals surface area contributed by atoms with E-state index in [1.807, 2.05) is 25.1 Å². The summed E-state index contributed by atoms with van der Waals surface area (Å²) in [4.78, 5) is 24.9. The van der Waals surface area contributed by atoms with E-state index in [-0.39, 0.29) is 35.5 Å². The Morgan fingerprint density at radius 1 is 0.903 bits per heavy atom. The second kappa shape index (κ2) is 8.61. The smallest absolute Gasteiger partial charge is 0.240 e. The molecular weight excluding hydrogens is 412 g/mol. The summed E-state index contributed by atoms with van der Waals surface area (Å²) in [5.74, 6) is -0.429. The Bertz CT molecular complexity index is 1210. The Labute approximate surface area is 181 Å². The van der Waals surface area contributed by atoms with Crippen LogP contribution < -0.4 is 9.62 Å². The Morgan fingerprint density at radius 3 is 2.26 bits per heavy atom. The van der Waals surface area contributed by atoms with Crippen LogP contribution in [-0.2, 0) is 26.0 Å². The van der Waals surface area contributed by atoms with Crippen molar-refractivity contribution >= 4 is 38.3 Å². The average molecular weight is 437 g/mol. The first-order chi connectivity index (χ1) is 14.8. The molecule has 1 atom stereocenters. The highest BCUT2D eigenvalue weighted by atomic mass is 32.2. The minimum atomic E-state index is -3.70. The predicted molar refractivity (Wildman–Crippen MR) is 120 cm³/mol. The molecule has 4 rings (SSSR count). The highest BCUT2D eigenvalue weighted by Crippen LogP contribution is 2.24. The Morgan fingerprint density at radius 2 is 1.55 bits per heavy atom. The predicted octanol–water partition coefficient (Wildman–Crippen LogP) is 3.65. The molecule has 0 aromatic heterocycles. The highest BCUT2D eigenvalue weighted by molar-refractivity contribution is 7.89. The van der Waals surface area contributed by atoms with Gasteiger partial charge in [-0.15, -0.1) is 0 Å². The number of nitrogens with zero attached hydrogens (tertiary/aromatic N) is 1. The van der Waals surface area contributed by atoms with Crippen LogP contribution in [-0.4, -0.2) is 26.8 Å². The van der Waals surface area contributed by atoms with Gasteiger partial charge < -0.3 is 0 Å². The molecule has 3 aromatic rings. The summed E-state index contributed by atoms with van der Waals surface area (Å²) >= 11 is 0. The summed E-state index contributed by atoms with van der Waals surface area (Å²) < 4.78 is 28.1. The van der Waals surface area contributed by atoms with E-state index in [4.69, 9.17) is 0 Å². The molecule has 1 unspecified atom stereocenters. The van der Waals surface area contributed by atoms with Crippen molar-refractivity contribution in [2.45, 2.75) is 31.1 Å². The van der Waals surface area contributed by atoms with Gasteiger partial charge in [0.05, 0.1) is 10.6 Å². The van der Waals surface area contributed by atoms with Gasteiger partial charge in [-0.3, -0.25) is 14.5 Å². The van der Waals surface area contributed by atoms with Gasteiger partial charge in [-0.05, 0) is 52.9 Å². The number of benzene rings is 3. The number of rotatable bonds is 7. The molecule has 1 fully saturated rings. The molecule has 1 aliphatic heterocycles. The summed E-state index contributed by atoms with van der Waals surface area (Å²) in [7, 11) is -3.70. The van der Waals surface area contributed by atoms with Crippen LogP contribution in [0.4, 0.5) is 5.69 Å². The molecule has 0 spiro atoms. The quantitative estimate of drug-likeness (QED) is 0.573. The van der Waals surface area contributed by atoms with E-state index < -0.39 is 10.0 Å². The molecule has 31 heavy (non-hydrogen) atoms. The third kappa shape index (κ3) is 4.52. The molecule has 6 nitrogen and oxygen atoms in total. The van der Waals surface area contributed by atoms with E-state index in [0.29, 0.717) is 12.2 Å². The van der Waals surface area contributed by atoms with Crippen molar-refractivity contribution in [1.29, 1.82) is 0 Å². The first kappa shape index (κ1) is 21.2. The first-order valence-corrected chi connectivity index (χ1v) is 11.8. The van der Waals surface area contributed by atoms with Crippen LogP contribution in [0.1, 0.15) is 25.3 Å². The number of nitrogens with one attached hydrogen (secondary N) is 1. The monoisotopic (exact) mass is 436 g/mol. The fraction of sp³-hybridized carbons (Fsp3) is 0.250. The summed E-state index contributed by atoms with van der Waals surface area (Å²) in [5, 5.41) is 2.35. The number of hydrogen-bond donors (Lipinski definition) is 1. The number of sulfonamides is 1. The van der Waals surface area contributed by atoms with Gasteiger partial charge in [0.25, 0.3) is 0 Å². The van der Waals surface area contributed by atoms with Gasteiger partial charge in [0.1, 0.15) is 0 Å². The number of imide groups is 1. The van der Waals surface area contributed by atoms with E-state index in [1.165, 1.54) is 40.6 Å². The molecule has 1 aliphatic rings. The van der Waals surface area contributed by atoms with E-state index >= 15 is 0 Å². The fourth-order valence-electron chi connectivity index (χ4n) is 3.89. The molecule has 0 bridgehead atoms. The van der Waals surface area contributed by atoms with Gasteiger partial charge in [0.15, 0.2) is 0 Å². The van der Waals surface area contributed by atoms with Crippen molar-refractivity contribution in [3.05, 3.63) is 72.3 Å². The minimum Gasteiger partial charge on any atom is -0.274 e.